The zero-order chi connectivity index (χ0) is 18.5. The molecule has 5 rings (SSSR count). The number of H-pyrrole nitrogens is 2. The third kappa shape index (κ3) is 2.84. The van der Waals surface area contributed by atoms with Crippen molar-refractivity contribution in [2.75, 3.05) is 43.9 Å². The monoisotopic (exact) mass is 381 g/mol. The molecule has 0 saturated carbocycles. The minimum atomic E-state index is -0.192. The van der Waals surface area contributed by atoms with Gasteiger partial charge in [-0.1, -0.05) is 0 Å². The Kier molecular flexibility index (Phi) is 3.66. The number of aromatic amines is 2. The molecule has 5 heterocycles. The van der Waals surface area contributed by atoms with E-state index < -0.39 is 0 Å². The van der Waals surface area contributed by atoms with E-state index in [-0.39, 0.29) is 5.56 Å². The van der Waals surface area contributed by atoms with Crippen LogP contribution in [0, 0.1) is 0 Å². The molecule has 8 nitrogen and oxygen atoms in total. The van der Waals surface area contributed by atoms with E-state index in [9.17, 15) is 4.79 Å². The first-order valence-corrected chi connectivity index (χ1v) is 9.61. The zero-order valence-corrected chi connectivity index (χ0v) is 15.6. The summed E-state index contributed by atoms with van der Waals surface area (Å²) in [5, 5.41) is 1.57. The molecule has 9 heteroatoms. The normalized spacial score (nSPS) is 15.8. The number of anilines is 2. The minimum Gasteiger partial charge on any atom is -0.391 e. The maximum atomic E-state index is 12.5. The van der Waals surface area contributed by atoms with Gasteiger partial charge in [0.05, 0.1) is 16.1 Å². The van der Waals surface area contributed by atoms with Gasteiger partial charge in [-0.05, 0) is 31.3 Å². The second-order valence-electron chi connectivity index (χ2n) is 6.86. The van der Waals surface area contributed by atoms with Gasteiger partial charge in [-0.3, -0.25) is 4.79 Å². The fourth-order valence-corrected chi connectivity index (χ4v) is 4.22. The molecule has 0 radical (unpaired) electrons. The molecule has 0 aromatic carbocycles. The second kappa shape index (κ2) is 6.07. The summed E-state index contributed by atoms with van der Waals surface area (Å²) in [5.41, 5.74) is 7.56. The lowest BCUT2D eigenvalue weighted by Crippen LogP contribution is -2.44. The highest BCUT2D eigenvalue weighted by molar-refractivity contribution is 7.22. The lowest BCUT2D eigenvalue weighted by atomic mass is 10.2. The van der Waals surface area contributed by atoms with E-state index in [1.54, 1.807) is 0 Å². The average Bonchev–Trinajstić information content (AvgIpc) is 3.22. The summed E-state index contributed by atoms with van der Waals surface area (Å²) in [6.07, 6.45) is 0. The van der Waals surface area contributed by atoms with Crippen molar-refractivity contribution in [3.63, 3.8) is 0 Å². The van der Waals surface area contributed by atoms with Gasteiger partial charge in [0.25, 0.3) is 5.56 Å². The first-order valence-electron chi connectivity index (χ1n) is 8.80. The maximum Gasteiger partial charge on any atom is 0.260 e. The molecule has 4 aromatic rings. The van der Waals surface area contributed by atoms with Gasteiger partial charge in [-0.2, -0.15) is 0 Å². The Bertz CT molecular complexity index is 1200. The maximum absolute atomic E-state index is 12.5. The first-order chi connectivity index (χ1) is 13.1. The van der Waals surface area contributed by atoms with E-state index in [0.29, 0.717) is 22.0 Å². The molecule has 0 aliphatic carbocycles. The van der Waals surface area contributed by atoms with Gasteiger partial charge in [-0.25, -0.2) is 9.97 Å². The van der Waals surface area contributed by atoms with Crippen LogP contribution in [-0.2, 0) is 0 Å². The Morgan fingerprint density at radius 2 is 1.93 bits per heavy atom. The number of aromatic nitrogens is 4. The second-order valence-corrected chi connectivity index (χ2v) is 7.95. The number of imidazole rings is 1. The highest BCUT2D eigenvalue weighted by atomic mass is 32.1. The van der Waals surface area contributed by atoms with Gasteiger partial charge in [0, 0.05) is 31.6 Å². The summed E-state index contributed by atoms with van der Waals surface area (Å²) in [5.74, 6) is 1.43. The first kappa shape index (κ1) is 16.3. The van der Waals surface area contributed by atoms with Gasteiger partial charge in [0.15, 0.2) is 5.65 Å². The molecule has 0 atom stereocenters. The molecule has 0 spiro atoms. The fourth-order valence-electron chi connectivity index (χ4n) is 3.42. The number of likely N-dealkylation sites (N-methyl/N-ethyl adjacent to an activating group) is 1. The summed E-state index contributed by atoms with van der Waals surface area (Å²) in [4.78, 5) is 33.2. The predicted octanol–water partition coefficient (Wildman–Crippen LogP) is 1.86. The van der Waals surface area contributed by atoms with Crippen LogP contribution in [0.4, 0.5) is 10.8 Å². The minimum absolute atomic E-state index is 0.192. The van der Waals surface area contributed by atoms with Gasteiger partial charge in [0.2, 0.25) is 0 Å². The topological polar surface area (TPSA) is 107 Å². The molecular weight excluding hydrogens is 362 g/mol. The average molecular weight is 381 g/mol. The number of thiophene rings is 1. The Balaban J connectivity index is 1.55. The van der Waals surface area contributed by atoms with Crippen LogP contribution < -0.4 is 16.2 Å². The lowest BCUT2D eigenvalue weighted by molar-refractivity contribution is 0.312. The Labute approximate surface area is 158 Å². The van der Waals surface area contributed by atoms with Gasteiger partial charge in [0.1, 0.15) is 16.5 Å². The molecule has 1 fully saturated rings. The third-order valence-electron chi connectivity index (χ3n) is 4.96. The smallest absolute Gasteiger partial charge is 0.260 e. The summed E-state index contributed by atoms with van der Waals surface area (Å²) in [7, 11) is 2.13. The van der Waals surface area contributed by atoms with Crippen LogP contribution in [0.15, 0.2) is 29.1 Å². The van der Waals surface area contributed by atoms with Crippen molar-refractivity contribution in [1.29, 1.82) is 0 Å². The van der Waals surface area contributed by atoms with E-state index in [2.05, 4.69) is 31.8 Å². The van der Waals surface area contributed by atoms with Crippen LogP contribution in [-0.4, -0.2) is 58.1 Å². The van der Waals surface area contributed by atoms with E-state index in [0.717, 1.165) is 47.7 Å². The number of fused-ring (bicyclic) bond motifs is 2. The van der Waals surface area contributed by atoms with E-state index in [4.69, 9.17) is 10.7 Å². The number of nitrogens with one attached hydrogen (secondary N) is 2. The number of piperazine rings is 1. The standard InChI is InChI=1S/C18H19N7OS/c1-24-4-6-25(7-5-24)14-3-2-12-16(21-14)22-15(20-12)11-8-10-9-13(19)27-18(10)23-17(11)26/h2-3,8-9H,4-7,19H2,1H3,(H,23,26)(H,20,21,22). The molecule has 0 amide bonds. The summed E-state index contributed by atoms with van der Waals surface area (Å²) in [6.45, 7) is 3.93. The van der Waals surface area contributed by atoms with Crippen molar-refractivity contribution in [3.05, 3.63) is 34.6 Å². The Morgan fingerprint density at radius 1 is 1.11 bits per heavy atom. The van der Waals surface area contributed by atoms with Crippen molar-refractivity contribution in [1.82, 2.24) is 24.8 Å². The van der Waals surface area contributed by atoms with Crippen molar-refractivity contribution in [3.8, 4) is 11.4 Å². The van der Waals surface area contributed by atoms with Crippen molar-refractivity contribution >= 4 is 43.5 Å². The van der Waals surface area contributed by atoms with E-state index in [1.807, 2.05) is 24.3 Å². The molecule has 1 aliphatic rings. The predicted molar refractivity (Wildman–Crippen MR) is 109 cm³/mol. The number of hydrogen-bond acceptors (Lipinski definition) is 7. The molecule has 4 N–H and O–H groups in total. The quantitative estimate of drug-likeness (QED) is 0.489. The third-order valence-corrected chi connectivity index (χ3v) is 5.86. The summed E-state index contributed by atoms with van der Waals surface area (Å²) < 4.78 is 0. The molecule has 0 bridgehead atoms. The van der Waals surface area contributed by atoms with Crippen LogP contribution in [0.25, 0.3) is 32.8 Å². The van der Waals surface area contributed by atoms with Crippen molar-refractivity contribution in [2.24, 2.45) is 0 Å². The molecule has 1 aliphatic heterocycles. The fraction of sp³-hybridized carbons (Fsp3) is 0.278. The van der Waals surface area contributed by atoms with E-state index in [1.165, 1.54) is 11.3 Å². The number of hydrogen-bond donors (Lipinski definition) is 3. The Morgan fingerprint density at radius 3 is 2.74 bits per heavy atom. The Hall–Kier alpha value is -2.91. The molecule has 27 heavy (non-hydrogen) atoms. The number of rotatable bonds is 2. The SMILES string of the molecule is CN1CCN(c2ccc3[nH]c(-c4cc5cc(N)sc5[nH]c4=O)nc3n2)CC1. The molecule has 1 saturated heterocycles. The van der Waals surface area contributed by atoms with E-state index >= 15 is 0 Å². The van der Waals surface area contributed by atoms with Crippen molar-refractivity contribution < 1.29 is 0 Å². The van der Waals surface area contributed by atoms with Crippen LogP contribution in [0.5, 0.6) is 0 Å². The summed E-state index contributed by atoms with van der Waals surface area (Å²) >= 11 is 1.36. The van der Waals surface area contributed by atoms with Gasteiger partial charge < -0.3 is 25.5 Å². The van der Waals surface area contributed by atoms with Crippen LogP contribution in [0.2, 0.25) is 0 Å². The highest BCUT2D eigenvalue weighted by Crippen LogP contribution is 2.27. The number of nitrogens with zero attached hydrogens (tertiary/aromatic N) is 4. The molecule has 138 valence electrons. The highest BCUT2D eigenvalue weighted by Gasteiger charge is 2.17. The lowest BCUT2D eigenvalue weighted by Gasteiger charge is -2.33. The summed E-state index contributed by atoms with van der Waals surface area (Å²) in [6, 6.07) is 7.65. The number of nitrogen functional groups attached to an aromatic ring is 1. The number of pyridine rings is 2. The molecule has 4 aromatic heterocycles. The van der Waals surface area contributed by atoms with Crippen LogP contribution >= 0.6 is 11.3 Å². The molecule has 0 unspecified atom stereocenters. The molecular formula is C18H19N7OS. The number of nitrogens with two attached hydrogens (primary N) is 1. The van der Waals surface area contributed by atoms with Crippen molar-refractivity contribution in [2.45, 2.75) is 0 Å². The van der Waals surface area contributed by atoms with Crippen LogP contribution in [0.1, 0.15) is 0 Å². The van der Waals surface area contributed by atoms with Crippen LogP contribution in [0.3, 0.4) is 0 Å². The zero-order valence-electron chi connectivity index (χ0n) is 14.8. The van der Waals surface area contributed by atoms with Gasteiger partial charge in [-0.15, -0.1) is 11.3 Å². The largest absolute Gasteiger partial charge is 0.391 e. The van der Waals surface area contributed by atoms with Gasteiger partial charge >= 0.3 is 0 Å².